The lowest BCUT2D eigenvalue weighted by molar-refractivity contribution is -0.121. The molecule has 0 radical (unpaired) electrons. The zero-order valence-electron chi connectivity index (χ0n) is 16.3. The number of carbonyl (C=O) groups is 1. The van der Waals surface area contributed by atoms with Gasteiger partial charge in [0.05, 0.1) is 0 Å². The van der Waals surface area contributed by atoms with Gasteiger partial charge in [-0.05, 0) is 55.9 Å². The molecule has 2 aromatic heterocycles. The fourth-order valence-corrected chi connectivity index (χ4v) is 4.46. The second kappa shape index (κ2) is 9.37. The molecule has 1 aliphatic heterocycles. The third kappa shape index (κ3) is 5.67. The van der Waals surface area contributed by atoms with E-state index >= 15 is 0 Å². The molecule has 4 rings (SSSR count). The molecule has 0 spiro atoms. The largest absolute Gasteiger partial charge is 0.367 e. The van der Waals surface area contributed by atoms with Gasteiger partial charge in [-0.1, -0.05) is 6.07 Å². The minimum atomic E-state index is 0.173. The summed E-state index contributed by atoms with van der Waals surface area (Å²) in [5, 5.41) is 8.58. The predicted molar refractivity (Wildman–Crippen MR) is 114 cm³/mol. The van der Waals surface area contributed by atoms with E-state index in [9.17, 15) is 4.79 Å². The van der Waals surface area contributed by atoms with E-state index in [1.165, 1.54) is 24.1 Å². The van der Waals surface area contributed by atoms with Gasteiger partial charge >= 0.3 is 0 Å². The van der Waals surface area contributed by atoms with Crippen LogP contribution in [-0.2, 0) is 11.2 Å². The molecule has 1 aliphatic carbocycles. The van der Waals surface area contributed by atoms with E-state index in [-0.39, 0.29) is 5.91 Å². The Balaban J connectivity index is 1.20. The number of nitrogens with one attached hydrogen (secondary N) is 2. The van der Waals surface area contributed by atoms with E-state index in [1.54, 1.807) is 17.7 Å². The lowest BCUT2D eigenvalue weighted by Gasteiger charge is -2.33. The van der Waals surface area contributed by atoms with Crippen LogP contribution in [0.2, 0.25) is 0 Å². The fraction of sp³-hybridized carbons (Fsp3) is 0.571. The number of hydrogen-bond acceptors (Lipinski definition) is 6. The highest BCUT2D eigenvalue weighted by Crippen LogP contribution is 2.27. The van der Waals surface area contributed by atoms with Gasteiger partial charge in [0.25, 0.3) is 0 Å². The summed E-state index contributed by atoms with van der Waals surface area (Å²) in [4.78, 5) is 24.7. The number of nitrogens with zero attached hydrogens (tertiary/aromatic N) is 3. The Morgan fingerprint density at radius 2 is 2.21 bits per heavy atom. The number of hydrogen-bond donors (Lipinski definition) is 2. The highest BCUT2D eigenvalue weighted by Gasteiger charge is 2.24. The Kier molecular flexibility index (Phi) is 6.41. The molecule has 2 aliphatic rings. The summed E-state index contributed by atoms with van der Waals surface area (Å²) < 4.78 is 0. The number of aromatic nitrogens is 2. The number of amides is 1. The van der Waals surface area contributed by atoms with Crippen LogP contribution in [0.25, 0.3) is 0 Å². The van der Waals surface area contributed by atoms with Crippen molar-refractivity contribution in [3.05, 3.63) is 34.8 Å². The number of carbonyl (C=O) groups excluding carboxylic acids is 1. The highest BCUT2D eigenvalue weighted by atomic mass is 32.1. The minimum Gasteiger partial charge on any atom is -0.367 e. The number of piperidine rings is 1. The molecule has 1 unspecified atom stereocenters. The molecule has 7 heteroatoms. The predicted octanol–water partition coefficient (Wildman–Crippen LogP) is 3.47. The van der Waals surface area contributed by atoms with E-state index < -0.39 is 0 Å². The quantitative estimate of drug-likeness (QED) is 0.676. The summed E-state index contributed by atoms with van der Waals surface area (Å²) in [6, 6.07) is 6.83. The van der Waals surface area contributed by atoms with Crippen molar-refractivity contribution in [1.82, 2.24) is 15.3 Å². The topological polar surface area (TPSA) is 70.2 Å². The lowest BCUT2D eigenvalue weighted by atomic mass is 9.93. The third-order valence-corrected chi connectivity index (χ3v) is 6.41. The SMILES string of the molecule is O=C(CCC1CCCN(c2cc(NC3CC3)ncn2)C1)NCCc1cccs1. The average Bonchev–Trinajstić information content (AvgIpc) is 3.38. The molecule has 2 aromatic rings. The fourth-order valence-electron chi connectivity index (χ4n) is 3.75. The molecule has 28 heavy (non-hydrogen) atoms. The van der Waals surface area contributed by atoms with Gasteiger partial charge in [0, 0.05) is 43.0 Å². The molecule has 1 saturated heterocycles. The molecule has 6 nitrogen and oxygen atoms in total. The van der Waals surface area contributed by atoms with Gasteiger partial charge in [0.2, 0.25) is 5.91 Å². The first-order valence-corrected chi connectivity index (χ1v) is 11.3. The number of anilines is 2. The van der Waals surface area contributed by atoms with E-state index in [2.05, 4.69) is 49.1 Å². The van der Waals surface area contributed by atoms with Gasteiger partial charge < -0.3 is 15.5 Å². The summed E-state index contributed by atoms with van der Waals surface area (Å²) in [5.41, 5.74) is 0. The third-order valence-electron chi connectivity index (χ3n) is 5.48. The number of thiophene rings is 1. The monoisotopic (exact) mass is 399 g/mol. The minimum absolute atomic E-state index is 0.173. The first kappa shape index (κ1) is 19.2. The normalized spacial score (nSPS) is 19.4. The molecule has 1 saturated carbocycles. The van der Waals surface area contributed by atoms with Gasteiger partial charge in [-0.25, -0.2) is 9.97 Å². The second-order valence-electron chi connectivity index (χ2n) is 7.85. The number of rotatable bonds is 9. The van der Waals surface area contributed by atoms with Crippen LogP contribution in [0.15, 0.2) is 29.9 Å². The smallest absolute Gasteiger partial charge is 0.220 e. The van der Waals surface area contributed by atoms with E-state index in [1.807, 2.05) is 0 Å². The van der Waals surface area contributed by atoms with Crippen LogP contribution in [0, 0.1) is 5.92 Å². The van der Waals surface area contributed by atoms with Crippen molar-refractivity contribution in [1.29, 1.82) is 0 Å². The summed E-state index contributed by atoms with van der Waals surface area (Å²) in [5.74, 6) is 2.65. The van der Waals surface area contributed by atoms with Crippen molar-refractivity contribution in [3.63, 3.8) is 0 Å². The molecule has 2 fully saturated rings. The van der Waals surface area contributed by atoms with Crippen molar-refractivity contribution in [2.45, 2.75) is 51.0 Å². The Morgan fingerprint density at radius 1 is 1.29 bits per heavy atom. The van der Waals surface area contributed by atoms with Crippen molar-refractivity contribution >= 4 is 28.9 Å². The first-order valence-electron chi connectivity index (χ1n) is 10.4. The average molecular weight is 400 g/mol. The van der Waals surface area contributed by atoms with Gasteiger partial charge in [0.15, 0.2) is 0 Å². The molecule has 3 heterocycles. The maximum Gasteiger partial charge on any atom is 0.220 e. The summed E-state index contributed by atoms with van der Waals surface area (Å²) in [6.45, 7) is 2.74. The molecule has 150 valence electrons. The van der Waals surface area contributed by atoms with Crippen LogP contribution >= 0.6 is 11.3 Å². The standard InChI is InChI=1S/C21H29N5OS/c27-21(22-10-9-18-4-2-12-28-18)8-5-16-3-1-11-26(14-16)20-13-19(23-15-24-20)25-17-6-7-17/h2,4,12-13,15-17H,1,3,5-11,14H2,(H,22,27)(H,23,24,25). The Bertz CT molecular complexity index is 762. The van der Waals surface area contributed by atoms with Crippen molar-refractivity contribution < 1.29 is 4.79 Å². The molecule has 0 aromatic carbocycles. The lowest BCUT2D eigenvalue weighted by Crippen LogP contribution is -2.36. The van der Waals surface area contributed by atoms with Crippen molar-refractivity contribution in [2.24, 2.45) is 5.92 Å². The van der Waals surface area contributed by atoms with E-state index in [0.29, 0.717) is 18.4 Å². The van der Waals surface area contributed by atoms with Crippen molar-refractivity contribution in [3.8, 4) is 0 Å². The van der Waals surface area contributed by atoms with Gasteiger partial charge in [-0.3, -0.25) is 4.79 Å². The maximum atomic E-state index is 12.2. The van der Waals surface area contributed by atoms with Gasteiger partial charge in [-0.15, -0.1) is 11.3 Å². The molecule has 2 N–H and O–H groups in total. The Labute approximate surface area is 170 Å². The van der Waals surface area contributed by atoms with Crippen LogP contribution in [0.4, 0.5) is 11.6 Å². The van der Waals surface area contributed by atoms with Crippen LogP contribution in [0.1, 0.15) is 43.4 Å². The van der Waals surface area contributed by atoms with Crippen LogP contribution in [-0.4, -0.2) is 41.6 Å². The molecule has 1 atom stereocenters. The summed E-state index contributed by atoms with van der Waals surface area (Å²) in [6.07, 6.45) is 8.95. The van der Waals surface area contributed by atoms with Crippen LogP contribution in [0.3, 0.4) is 0 Å². The van der Waals surface area contributed by atoms with Gasteiger partial charge in [-0.2, -0.15) is 0 Å². The molecular formula is C21H29N5OS. The van der Waals surface area contributed by atoms with Gasteiger partial charge in [0.1, 0.15) is 18.0 Å². The van der Waals surface area contributed by atoms with Crippen molar-refractivity contribution in [2.75, 3.05) is 29.9 Å². The molecule has 0 bridgehead atoms. The maximum absolute atomic E-state index is 12.2. The first-order chi connectivity index (χ1) is 13.8. The molecular weight excluding hydrogens is 370 g/mol. The Morgan fingerprint density at radius 3 is 3.04 bits per heavy atom. The van der Waals surface area contributed by atoms with Crippen LogP contribution in [0.5, 0.6) is 0 Å². The molecule has 1 amide bonds. The summed E-state index contributed by atoms with van der Waals surface area (Å²) in [7, 11) is 0. The zero-order chi connectivity index (χ0) is 19.2. The van der Waals surface area contributed by atoms with E-state index in [0.717, 1.165) is 50.5 Å². The summed E-state index contributed by atoms with van der Waals surface area (Å²) >= 11 is 1.74. The highest BCUT2D eigenvalue weighted by molar-refractivity contribution is 7.09. The Hall–Kier alpha value is -2.15. The van der Waals surface area contributed by atoms with Crippen LogP contribution < -0.4 is 15.5 Å². The van der Waals surface area contributed by atoms with E-state index in [4.69, 9.17) is 0 Å². The second-order valence-corrected chi connectivity index (χ2v) is 8.88. The zero-order valence-corrected chi connectivity index (χ0v) is 17.1.